The van der Waals surface area contributed by atoms with Crippen LogP contribution in [0.1, 0.15) is 23.2 Å². The number of amides is 1. The van der Waals surface area contributed by atoms with Crippen LogP contribution in [0.15, 0.2) is 42.6 Å². The van der Waals surface area contributed by atoms with E-state index in [1.165, 1.54) is 5.69 Å². The van der Waals surface area contributed by atoms with Crippen molar-refractivity contribution < 1.29 is 9.53 Å². The topological polar surface area (TPSA) is 57.7 Å². The van der Waals surface area contributed by atoms with Crippen LogP contribution < -0.4 is 19.9 Å². The van der Waals surface area contributed by atoms with Gasteiger partial charge in [0.25, 0.3) is 5.91 Å². The Morgan fingerprint density at radius 3 is 2.31 bits per heavy atom. The third-order valence-corrected chi connectivity index (χ3v) is 4.96. The Bertz CT molecular complexity index is 748. The van der Waals surface area contributed by atoms with Crippen LogP contribution in [-0.4, -0.2) is 50.2 Å². The number of hydrogen-bond acceptors (Lipinski definition) is 5. The first-order valence-corrected chi connectivity index (χ1v) is 9.14. The number of nitrogens with zero attached hydrogens (tertiary/aromatic N) is 3. The van der Waals surface area contributed by atoms with E-state index < -0.39 is 0 Å². The van der Waals surface area contributed by atoms with Crippen LogP contribution in [0.5, 0.6) is 5.75 Å². The van der Waals surface area contributed by atoms with E-state index >= 15 is 0 Å². The first kappa shape index (κ1) is 16.7. The average molecular weight is 352 g/mol. The summed E-state index contributed by atoms with van der Waals surface area (Å²) in [6.45, 7) is 3.70. The maximum atomic E-state index is 12.0. The second-order valence-corrected chi connectivity index (χ2v) is 6.82. The van der Waals surface area contributed by atoms with Crippen molar-refractivity contribution in [1.29, 1.82) is 0 Å². The molecule has 2 heterocycles. The number of benzene rings is 1. The summed E-state index contributed by atoms with van der Waals surface area (Å²) in [5, 5.41) is 2.99. The number of carbonyl (C=O) groups excluding carboxylic acids is 1. The van der Waals surface area contributed by atoms with Crippen LogP contribution in [0.25, 0.3) is 0 Å². The molecule has 1 amide bonds. The summed E-state index contributed by atoms with van der Waals surface area (Å²) < 4.78 is 5.22. The van der Waals surface area contributed by atoms with Gasteiger partial charge in [0.2, 0.25) is 0 Å². The number of pyridine rings is 1. The molecule has 4 rings (SSSR count). The van der Waals surface area contributed by atoms with Gasteiger partial charge in [0.15, 0.2) is 0 Å². The molecule has 0 spiro atoms. The normalized spacial score (nSPS) is 17.1. The van der Waals surface area contributed by atoms with Gasteiger partial charge in [-0.25, -0.2) is 4.98 Å². The Balaban J connectivity index is 1.34. The van der Waals surface area contributed by atoms with E-state index in [2.05, 4.69) is 32.2 Å². The van der Waals surface area contributed by atoms with Crippen molar-refractivity contribution in [1.82, 2.24) is 10.3 Å². The quantitative estimate of drug-likeness (QED) is 0.895. The summed E-state index contributed by atoms with van der Waals surface area (Å²) in [6, 6.07) is 12.4. The zero-order chi connectivity index (χ0) is 17.9. The fourth-order valence-corrected chi connectivity index (χ4v) is 3.19. The number of aromatic nitrogens is 1. The molecule has 6 nitrogen and oxygen atoms in total. The first-order valence-electron chi connectivity index (χ1n) is 9.14. The number of hydrogen-bond donors (Lipinski definition) is 1. The van der Waals surface area contributed by atoms with Crippen molar-refractivity contribution in [3.05, 3.63) is 48.2 Å². The fourth-order valence-electron chi connectivity index (χ4n) is 3.19. The monoisotopic (exact) mass is 352 g/mol. The van der Waals surface area contributed by atoms with Crippen molar-refractivity contribution in [2.24, 2.45) is 0 Å². The van der Waals surface area contributed by atoms with Gasteiger partial charge in [0, 0.05) is 44.1 Å². The predicted octanol–water partition coefficient (Wildman–Crippen LogP) is 2.31. The van der Waals surface area contributed by atoms with Crippen molar-refractivity contribution in [3.63, 3.8) is 0 Å². The van der Waals surface area contributed by atoms with E-state index in [-0.39, 0.29) is 5.91 Å². The molecule has 0 bridgehead atoms. The van der Waals surface area contributed by atoms with E-state index in [0.29, 0.717) is 11.6 Å². The maximum absolute atomic E-state index is 12.0. The number of anilines is 2. The molecular weight excluding hydrogens is 328 g/mol. The minimum atomic E-state index is -0.0177. The van der Waals surface area contributed by atoms with E-state index in [1.807, 2.05) is 24.3 Å². The van der Waals surface area contributed by atoms with Crippen LogP contribution in [0, 0.1) is 0 Å². The Hall–Kier alpha value is -2.76. The van der Waals surface area contributed by atoms with E-state index in [4.69, 9.17) is 4.74 Å². The predicted molar refractivity (Wildman–Crippen MR) is 102 cm³/mol. The molecule has 1 aromatic heterocycles. The highest BCUT2D eigenvalue weighted by Gasteiger charge is 2.24. The Morgan fingerprint density at radius 2 is 1.73 bits per heavy atom. The van der Waals surface area contributed by atoms with Crippen LogP contribution in [0.4, 0.5) is 11.5 Å². The lowest BCUT2D eigenvalue weighted by atomic mass is 10.2. The molecule has 1 aromatic carbocycles. The first-order chi connectivity index (χ1) is 12.7. The Morgan fingerprint density at radius 1 is 1.04 bits per heavy atom. The molecule has 1 aliphatic heterocycles. The third-order valence-electron chi connectivity index (χ3n) is 4.96. The minimum absolute atomic E-state index is 0.0177. The minimum Gasteiger partial charge on any atom is -0.497 e. The van der Waals surface area contributed by atoms with Gasteiger partial charge in [0.05, 0.1) is 12.7 Å². The van der Waals surface area contributed by atoms with E-state index in [1.54, 1.807) is 13.3 Å². The fraction of sp³-hybridized carbons (Fsp3) is 0.400. The van der Waals surface area contributed by atoms with Gasteiger partial charge in [-0.3, -0.25) is 4.79 Å². The molecule has 6 heteroatoms. The van der Waals surface area contributed by atoms with Gasteiger partial charge in [-0.15, -0.1) is 0 Å². The molecule has 1 saturated carbocycles. The maximum Gasteiger partial charge on any atom is 0.253 e. The molecule has 0 atom stereocenters. The number of rotatable bonds is 5. The number of methoxy groups -OCH3 is 1. The average Bonchev–Trinajstić information content (AvgIpc) is 3.52. The SMILES string of the molecule is COc1ccc(N2CCN(c3ccc(C(=O)NC4CC4)cn3)CC2)cc1. The molecular formula is C20H24N4O2. The lowest BCUT2D eigenvalue weighted by Gasteiger charge is -2.36. The molecule has 1 N–H and O–H groups in total. The lowest BCUT2D eigenvalue weighted by Crippen LogP contribution is -2.46. The number of nitrogens with one attached hydrogen (secondary N) is 1. The van der Waals surface area contributed by atoms with Crippen LogP contribution >= 0.6 is 0 Å². The third kappa shape index (κ3) is 3.74. The summed E-state index contributed by atoms with van der Waals surface area (Å²) in [5.74, 6) is 1.79. The number of ether oxygens (including phenoxy) is 1. The standard InChI is InChI=1S/C20H24N4O2/c1-26-18-7-5-17(6-8-18)23-10-12-24(13-11-23)19-9-2-15(14-21-19)20(25)22-16-3-4-16/h2,5-9,14,16H,3-4,10-13H2,1H3,(H,22,25). The van der Waals surface area contributed by atoms with Crippen molar-refractivity contribution >= 4 is 17.4 Å². The summed E-state index contributed by atoms with van der Waals surface area (Å²) >= 11 is 0. The highest BCUT2D eigenvalue weighted by Crippen LogP contribution is 2.22. The second kappa shape index (κ2) is 7.23. The van der Waals surface area contributed by atoms with Gasteiger partial charge in [-0.05, 0) is 49.2 Å². The lowest BCUT2D eigenvalue weighted by molar-refractivity contribution is 0.0950. The number of carbonyl (C=O) groups is 1. The molecule has 0 radical (unpaired) electrons. The summed E-state index contributed by atoms with van der Waals surface area (Å²) in [4.78, 5) is 21.2. The summed E-state index contributed by atoms with van der Waals surface area (Å²) in [6.07, 6.45) is 3.87. The Labute approximate surface area is 153 Å². The van der Waals surface area contributed by atoms with Crippen LogP contribution in [0.2, 0.25) is 0 Å². The van der Waals surface area contributed by atoms with Gasteiger partial charge in [-0.1, -0.05) is 0 Å². The van der Waals surface area contributed by atoms with Crippen LogP contribution in [-0.2, 0) is 0 Å². The second-order valence-electron chi connectivity index (χ2n) is 6.82. The van der Waals surface area contributed by atoms with Crippen molar-refractivity contribution in [2.45, 2.75) is 18.9 Å². The zero-order valence-corrected chi connectivity index (χ0v) is 15.0. The van der Waals surface area contributed by atoms with Gasteiger partial charge in [-0.2, -0.15) is 0 Å². The molecule has 136 valence electrons. The van der Waals surface area contributed by atoms with Crippen molar-refractivity contribution in [2.75, 3.05) is 43.1 Å². The summed E-state index contributed by atoms with van der Waals surface area (Å²) in [7, 11) is 1.68. The molecule has 26 heavy (non-hydrogen) atoms. The summed E-state index contributed by atoms with van der Waals surface area (Å²) in [5.41, 5.74) is 1.85. The van der Waals surface area contributed by atoms with Gasteiger partial charge >= 0.3 is 0 Å². The van der Waals surface area contributed by atoms with E-state index in [0.717, 1.165) is 50.6 Å². The molecule has 1 aliphatic carbocycles. The molecule has 1 saturated heterocycles. The molecule has 2 fully saturated rings. The van der Waals surface area contributed by atoms with E-state index in [9.17, 15) is 4.79 Å². The smallest absolute Gasteiger partial charge is 0.253 e. The number of piperazine rings is 1. The molecule has 0 unspecified atom stereocenters. The van der Waals surface area contributed by atoms with Gasteiger partial charge < -0.3 is 19.9 Å². The van der Waals surface area contributed by atoms with Gasteiger partial charge in [0.1, 0.15) is 11.6 Å². The zero-order valence-electron chi connectivity index (χ0n) is 15.0. The van der Waals surface area contributed by atoms with Crippen molar-refractivity contribution in [3.8, 4) is 5.75 Å². The van der Waals surface area contributed by atoms with Crippen LogP contribution in [0.3, 0.4) is 0 Å². The largest absolute Gasteiger partial charge is 0.497 e. The highest BCUT2D eigenvalue weighted by molar-refractivity contribution is 5.94. The Kier molecular flexibility index (Phi) is 4.65. The highest BCUT2D eigenvalue weighted by atomic mass is 16.5. The molecule has 2 aromatic rings. The molecule has 2 aliphatic rings.